The molecule has 152 valence electrons. The highest BCUT2D eigenvalue weighted by molar-refractivity contribution is 14.0. The molecule has 0 bridgehead atoms. The second-order valence-electron chi connectivity index (χ2n) is 6.73. The highest BCUT2D eigenvalue weighted by Crippen LogP contribution is 2.13. The molecule has 0 saturated carbocycles. The molecule has 7 heteroatoms. The number of nitrogens with one attached hydrogen (secondary N) is 3. The van der Waals surface area contributed by atoms with Crippen LogP contribution >= 0.6 is 24.0 Å². The smallest absolute Gasteiger partial charge is 0.241 e. The lowest BCUT2D eigenvalue weighted by Gasteiger charge is -2.33. The SMILES string of the molecule is CCCNC(=O)CN=C(NCC)NC1CCN(Cc2ccccc2)CC1.I. The number of hydrogen-bond donors (Lipinski definition) is 3. The molecule has 0 radical (unpaired) electrons. The van der Waals surface area contributed by atoms with Crippen LogP contribution in [0.15, 0.2) is 35.3 Å². The van der Waals surface area contributed by atoms with E-state index in [0.717, 1.165) is 51.4 Å². The number of aliphatic imine (C=N–C) groups is 1. The lowest BCUT2D eigenvalue weighted by Crippen LogP contribution is -2.48. The minimum absolute atomic E-state index is 0. The molecule has 2 rings (SSSR count). The lowest BCUT2D eigenvalue weighted by molar-refractivity contribution is -0.119. The van der Waals surface area contributed by atoms with Crippen molar-refractivity contribution in [1.82, 2.24) is 20.9 Å². The number of rotatable bonds is 8. The van der Waals surface area contributed by atoms with Gasteiger partial charge < -0.3 is 16.0 Å². The maximum atomic E-state index is 11.7. The van der Waals surface area contributed by atoms with Gasteiger partial charge in [0.1, 0.15) is 6.54 Å². The predicted octanol–water partition coefficient (Wildman–Crippen LogP) is 2.35. The summed E-state index contributed by atoms with van der Waals surface area (Å²) >= 11 is 0. The van der Waals surface area contributed by atoms with Crippen molar-refractivity contribution in [2.45, 2.75) is 45.7 Å². The number of halogens is 1. The summed E-state index contributed by atoms with van der Waals surface area (Å²) in [6.07, 6.45) is 3.11. The maximum Gasteiger partial charge on any atom is 0.241 e. The first-order valence-electron chi connectivity index (χ1n) is 9.79. The molecule has 1 amide bonds. The van der Waals surface area contributed by atoms with Crippen molar-refractivity contribution in [3.63, 3.8) is 0 Å². The van der Waals surface area contributed by atoms with Gasteiger partial charge in [0.2, 0.25) is 5.91 Å². The molecule has 1 aliphatic heterocycles. The minimum Gasteiger partial charge on any atom is -0.357 e. The molecule has 1 aliphatic rings. The zero-order chi connectivity index (χ0) is 18.6. The standard InChI is InChI=1S/C20H33N5O.HI/c1-3-12-22-19(26)15-23-20(21-4-2)24-18-10-13-25(14-11-18)16-17-8-6-5-7-9-17;/h5-9,18H,3-4,10-16H2,1-2H3,(H,22,26)(H2,21,23,24);1H. The quantitative estimate of drug-likeness (QED) is 0.299. The summed E-state index contributed by atoms with van der Waals surface area (Å²) in [5, 5.41) is 9.58. The molecule has 1 heterocycles. The number of benzene rings is 1. The number of carbonyl (C=O) groups excluding carboxylic acids is 1. The zero-order valence-corrected chi connectivity index (χ0v) is 18.9. The number of likely N-dealkylation sites (tertiary alicyclic amines) is 1. The molecule has 0 spiro atoms. The Labute approximate surface area is 180 Å². The topological polar surface area (TPSA) is 68.8 Å². The second kappa shape index (κ2) is 13.8. The lowest BCUT2D eigenvalue weighted by atomic mass is 10.0. The van der Waals surface area contributed by atoms with Crippen LogP contribution in [0.2, 0.25) is 0 Å². The third-order valence-corrected chi connectivity index (χ3v) is 4.47. The Morgan fingerprint density at radius 3 is 2.48 bits per heavy atom. The van der Waals surface area contributed by atoms with E-state index in [-0.39, 0.29) is 36.4 Å². The monoisotopic (exact) mass is 487 g/mol. The molecule has 0 aromatic heterocycles. The number of nitrogens with zero attached hydrogens (tertiary/aromatic N) is 2. The van der Waals surface area contributed by atoms with Crippen LogP contribution in [-0.4, -0.2) is 55.5 Å². The van der Waals surface area contributed by atoms with Crippen LogP contribution in [0.4, 0.5) is 0 Å². The van der Waals surface area contributed by atoms with Crippen LogP contribution in [-0.2, 0) is 11.3 Å². The van der Waals surface area contributed by atoms with Gasteiger partial charge in [0, 0.05) is 38.8 Å². The first kappa shape index (κ1) is 23.7. The van der Waals surface area contributed by atoms with Crippen molar-refractivity contribution in [2.24, 2.45) is 4.99 Å². The summed E-state index contributed by atoms with van der Waals surface area (Å²) in [6.45, 7) is 8.90. The van der Waals surface area contributed by atoms with E-state index in [4.69, 9.17) is 0 Å². The van der Waals surface area contributed by atoms with Gasteiger partial charge in [-0.15, -0.1) is 24.0 Å². The molecule has 6 nitrogen and oxygen atoms in total. The van der Waals surface area contributed by atoms with Crippen molar-refractivity contribution < 1.29 is 4.79 Å². The average molecular weight is 487 g/mol. The molecule has 1 aromatic carbocycles. The van der Waals surface area contributed by atoms with Crippen molar-refractivity contribution in [2.75, 3.05) is 32.7 Å². The summed E-state index contributed by atoms with van der Waals surface area (Å²) in [5.74, 6) is 0.711. The number of amides is 1. The predicted molar refractivity (Wildman–Crippen MR) is 123 cm³/mol. The van der Waals surface area contributed by atoms with E-state index in [9.17, 15) is 4.79 Å². The Hall–Kier alpha value is -1.35. The van der Waals surface area contributed by atoms with E-state index in [1.807, 2.05) is 13.8 Å². The van der Waals surface area contributed by atoms with E-state index in [0.29, 0.717) is 12.6 Å². The number of piperidine rings is 1. The van der Waals surface area contributed by atoms with Crippen molar-refractivity contribution in [1.29, 1.82) is 0 Å². The molecule has 27 heavy (non-hydrogen) atoms. The molecule has 1 aromatic rings. The van der Waals surface area contributed by atoms with E-state index in [1.54, 1.807) is 0 Å². The molecule has 1 fully saturated rings. The average Bonchev–Trinajstić information content (AvgIpc) is 2.67. The third-order valence-electron chi connectivity index (χ3n) is 4.47. The summed E-state index contributed by atoms with van der Waals surface area (Å²) in [6, 6.07) is 11.0. The van der Waals surface area contributed by atoms with Gasteiger partial charge in [-0.3, -0.25) is 9.69 Å². The van der Waals surface area contributed by atoms with Gasteiger partial charge in [0.25, 0.3) is 0 Å². The molecule has 0 unspecified atom stereocenters. The number of hydrogen-bond acceptors (Lipinski definition) is 3. The van der Waals surface area contributed by atoms with Gasteiger partial charge in [0.05, 0.1) is 0 Å². The van der Waals surface area contributed by atoms with Crippen molar-refractivity contribution in [3.05, 3.63) is 35.9 Å². The van der Waals surface area contributed by atoms with Gasteiger partial charge in [0.15, 0.2) is 5.96 Å². The fourth-order valence-electron chi connectivity index (χ4n) is 3.06. The molecular formula is C20H34IN5O. The minimum atomic E-state index is -0.0262. The van der Waals surface area contributed by atoms with Crippen LogP contribution in [0, 0.1) is 0 Å². The molecular weight excluding hydrogens is 453 g/mol. The molecule has 0 aliphatic carbocycles. The van der Waals surface area contributed by atoms with Gasteiger partial charge in [-0.2, -0.15) is 0 Å². The Morgan fingerprint density at radius 2 is 1.85 bits per heavy atom. The second-order valence-corrected chi connectivity index (χ2v) is 6.73. The number of guanidine groups is 1. The van der Waals surface area contributed by atoms with Crippen LogP contribution in [0.1, 0.15) is 38.7 Å². The Balaban J connectivity index is 0.00000364. The fourth-order valence-corrected chi connectivity index (χ4v) is 3.06. The van der Waals surface area contributed by atoms with Gasteiger partial charge >= 0.3 is 0 Å². The van der Waals surface area contributed by atoms with E-state index < -0.39 is 0 Å². The Bertz CT molecular complexity index is 559. The van der Waals surface area contributed by atoms with E-state index in [2.05, 4.69) is 56.2 Å². The van der Waals surface area contributed by atoms with Crippen LogP contribution < -0.4 is 16.0 Å². The normalized spacial score (nSPS) is 15.7. The third kappa shape index (κ3) is 9.41. The maximum absolute atomic E-state index is 11.7. The number of carbonyl (C=O) groups is 1. The summed E-state index contributed by atoms with van der Waals surface area (Å²) in [4.78, 5) is 18.7. The van der Waals surface area contributed by atoms with E-state index in [1.165, 1.54) is 5.56 Å². The van der Waals surface area contributed by atoms with Gasteiger partial charge in [-0.05, 0) is 31.7 Å². The first-order chi connectivity index (χ1) is 12.7. The summed E-state index contributed by atoms with van der Waals surface area (Å²) in [5.41, 5.74) is 1.37. The van der Waals surface area contributed by atoms with Crippen LogP contribution in [0.25, 0.3) is 0 Å². The largest absolute Gasteiger partial charge is 0.357 e. The van der Waals surface area contributed by atoms with Crippen LogP contribution in [0.5, 0.6) is 0 Å². The van der Waals surface area contributed by atoms with Gasteiger partial charge in [-0.25, -0.2) is 4.99 Å². The molecule has 1 saturated heterocycles. The summed E-state index contributed by atoms with van der Waals surface area (Å²) in [7, 11) is 0. The van der Waals surface area contributed by atoms with Gasteiger partial charge in [-0.1, -0.05) is 37.3 Å². The van der Waals surface area contributed by atoms with E-state index >= 15 is 0 Å². The van der Waals surface area contributed by atoms with Crippen molar-refractivity contribution >= 4 is 35.8 Å². The highest BCUT2D eigenvalue weighted by atomic mass is 127. The molecule has 0 atom stereocenters. The fraction of sp³-hybridized carbons (Fsp3) is 0.600. The van der Waals surface area contributed by atoms with Crippen molar-refractivity contribution in [3.8, 4) is 0 Å². The highest BCUT2D eigenvalue weighted by Gasteiger charge is 2.20. The zero-order valence-electron chi connectivity index (χ0n) is 16.5. The molecule has 3 N–H and O–H groups in total. The first-order valence-corrected chi connectivity index (χ1v) is 9.79. The van der Waals surface area contributed by atoms with Crippen LogP contribution in [0.3, 0.4) is 0 Å². The summed E-state index contributed by atoms with van der Waals surface area (Å²) < 4.78 is 0. The Morgan fingerprint density at radius 1 is 1.15 bits per heavy atom. The Kier molecular flexibility index (Phi) is 12.1.